The van der Waals surface area contributed by atoms with Gasteiger partial charge < -0.3 is 25.2 Å². The molecule has 7 heteroatoms. The molecular formula is C20H20BrNO5. The third-order valence-corrected chi connectivity index (χ3v) is 5.31. The van der Waals surface area contributed by atoms with Crippen molar-refractivity contribution in [2.75, 3.05) is 6.61 Å². The van der Waals surface area contributed by atoms with E-state index in [0.29, 0.717) is 17.5 Å². The molecule has 0 radical (unpaired) electrons. The summed E-state index contributed by atoms with van der Waals surface area (Å²) < 4.78 is 6.57. The normalized spacial score (nSPS) is 27.9. The third kappa shape index (κ3) is 4.22. The highest BCUT2D eigenvalue weighted by Gasteiger charge is 2.44. The number of aliphatic hydroxyl groups is 4. The van der Waals surface area contributed by atoms with Gasteiger partial charge >= 0.3 is 0 Å². The van der Waals surface area contributed by atoms with Gasteiger partial charge in [-0.25, -0.2) is 0 Å². The van der Waals surface area contributed by atoms with Crippen molar-refractivity contribution in [2.45, 2.75) is 36.9 Å². The lowest BCUT2D eigenvalue weighted by atomic mass is 9.89. The van der Waals surface area contributed by atoms with Crippen molar-refractivity contribution in [3.05, 3.63) is 69.2 Å². The number of ether oxygens (including phenoxy) is 1. The van der Waals surface area contributed by atoms with Gasteiger partial charge in [-0.15, -0.1) is 0 Å². The summed E-state index contributed by atoms with van der Waals surface area (Å²) in [6.45, 7) is -0.483. The Hall–Kier alpha value is -1.79. The van der Waals surface area contributed by atoms with Crippen LogP contribution in [0.4, 0.5) is 0 Å². The molecule has 0 amide bonds. The largest absolute Gasteiger partial charge is 0.394 e. The van der Waals surface area contributed by atoms with E-state index in [0.717, 1.165) is 15.6 Å². The zero-order valence-electron chi connectivity index (χ0n) is 14.4. The van der Waals surface area contributed by atoms with Gasteiger partial charge in [-0.1, -0.05) is 40.2 Å². The number of nitrogens with zero attached hydrogens (tertiary/aromatic N) is 1. The van der Waals surface area contributed by atoms with E-state index in [9.17, 15) is 25.7 Å². The number of nitriles is 1. The maximum Gasteiger partial charge on any atom is 0.113 e. The lowest BCUT2D eigenvalue weighted by Crippen LogP contribution is -2.55. The summed E-state index contributed by atoms with van der Waals surface area (Å²) >= 11 is 3.39. The van der Waals surface area contributed by atoms with Crippen LogP contribution in [-0.4, -0.2) is 51.4 Å². The highest BCUT2D eigenvalue weighted by molar-refractivity contribution is 9.10. The smallest absolute Gasteiger partial charge is 0.113 e. The number of aliphatic hydroxyl groups excluding tert-OH is 4. The fourth-order valence-electron chi connectivity index (χ4n) is 3.25. The fourth-order valence-corrected chi connectivity index (χ4v) is 3.51. The highest BCUT2D eigenvalue weighted by Crippen LogP contribution is 2.33. The van der Waals surface area contributed by atoms with Gasteiger partial charge in [0.2, 0.25) is 0 Å². The maximum atomic E-state index is 10.3. The minimum Gasteiger partial charge on any atom is -0.394 e. The van der Waals surface area contributed by atoms with Gasteiger partial charge in [-0.3, -0.25) is 0 Å². The van der Waals surface area contributed by atoms with E-state index in [2.05, 4.69) is 22.0 Å². The van der Waals surface area contributed by atoms with Crippen LogP contribution in [0.1, 0.15) is 28.4 Å². The van der Waals surface area contributed by atoms with Crippen LogP contribution in [0.2, 0.25) is 0 Å². The molecule has 0 aromatic heterocycles. The van der Waals surface area contributed by atoms with Crippen molar-refractivity contribution in [1.82, 2.24) is 0 Å². The summed E-state index contributed by atoms with van der Waals surface area (Å²) in [6, 6.07) is 15.0. The summed E-state index contributed by atoms with van der Waals surface area (Å²) in [4.78, 5) is 0. The second-order valence-corrected chi connectivity index (χ2v) is 7.50. The molecule has 0 saturated carbocycles. The van der Waals surface area contributed by atoms with Gasteiger partial charge in [-0.2, -0.15) is 5.26 Å². The Bertz CT molecular complexity index is 833. The molecule has 1 fully saturated rings. The second-order valence-electron chi connectivity index (χ2n) is 6.58. The first-order chi connectivity index (χ1) is 12.9. The average molecular weight is 434 g/mol. The number of benzene rings is 2. The first-order valence-electron chi connectivity index (χ1n) is 8.52. The summed E-state index contributed by atoms with van der Waals surface area (Å²) in [6.07, 6.45) is -5.57. The Morgan fingerprint density at radius 1 is 1.00 bits per heavy atom. The predicted octanol–water partition coefficient (Wildman–Crippen LogP) is 1.43. The molecule has 0 aliphatic carbocycles. The number of rotatable bonds is 4. The lowest BCUT2D eigenvalue weighted by Gasteiger charge is -2.40. The van der Waals surface area contributed by atoms with Gasteiger partial charge in [0.05, 0.1) is 18.2 Å². The Kier molecular flexibility index (Phi) is 6.27. The Labute approximate surface area is 165 Å². The fraction of sp³-hybridized carbons (Fsp3) is 0.350. The first-order valence-corrected chi connectivity index (χ1v) is 9.31. The van der Waals surface area contributed by atoms with Gasteiger partial charge in [0.25, 0.3) is 0 Å². The van der Waals surface area contributed by atoms with Crippen LogP contribution in [0.15, 0.2) is 46.9 Å². The van der Waals surface area contributed by atoms with Crippen molar-refractivity contribution >= 4 is 15.9 Å². The van der Waals surface area contributed by atoms with Gasteiger partial charge in [-0.05, 0) is 41.3 Å². The number of hydrogen-bond acceptors (Lipinski definition) is 6. The molecule has 2 aromatic rings. The van der Waals surface area contributed by atoms with Crippen molar-refractivity contribution in [2.24, 2.45) is 0 Å². The van der Waals surface area contributed by atoms with E-state index in [4.69, 9.17) is 4.74 Å². The van der Waals surface area contributed by atoms with E-state index in [1.54, 1.807) is 18.2 Å². The lowest BCUT2D eigenvalue weighted by molar-refractivity contribution is -0.231. The van der Waals surface area contributed by atoms with Crippen LogP contribution in [0.25, 0.3) is 0 Å². The third-order valence-electron chi connectivity index (χ3n) is 4.78. The molecule has 6 nitrogen and oxygen atoms in total. The Morgan fingerprint density at radius 3 is 2.33 bits per heavy atom. The molecule has 142 valence electrons. The zero-order valence-corrected chi connectivity index (χ0v) is 16.0. The number of halogens is 1. The molecule has 3 rings (SSSR count). The summed E-state index contributed by atoms with van der Waals surface area (Å²) in [5.74, 6) is 0. The van der Waals surface area contributed by atoms with Gasteiger partial charge in [0.1, 0.15) is 30.5 Å². The Balaban J connectivity index is 1.92. The van der Waals surface area contributed by atoms with Crippen LogP contribution in [0, 0.1) is 11.3 Å². The maximum absolute atomic E-state index is 10.3. The minimum absolute atomic E-state index is 0.483. The SMILES string of the molecule is N#Cc1ccc([C@@H]2O[C@H](CO)[C@@H](O)[C@H](O)[C@H]2O)cc1Cc1ccc(Br)cc1. The van der Waals surface area contributed by atoms with Crippen LogP contribution < -0.4 is 0 Å². The molecule has 1 aliphatic rings. The molecule has 0 unspecified atom stereocenters. The van der Waals surface area contributed by atoms with Crippen LogP contribution in [0.5, 0.6) is 0 Å². The molecule has 0 bridgehead atoms. The predicted molar refractivity (Wildman–Crippen MR) is 101 cm³/mol. The van der Waals surface area contributed by atoms with Crippen LogP contribution in [-0.2, 0) is 11.2 Å². The van der Waals surface area contributed by atoms with E-state index in [-0.39, 0.29) is 0 Å². The summed E-state index contributed by atoms with van der Waals surface area (Å²) in [5, 5.41) is 49.0. The zero-order chi connectivity index (χ0) is 19.6. The van der Waals surface area contributed by atoms with Crippen molar-refractivity contribution < 1.29 is 25.2 Å². The molecule has 2 aromatic carbocycles. The van der Waals surface area contributed by atoms with Crippen LogP contribution >= 0.6 is 15.9 Å². The molecule has 0 spiro atoms. The van der Waals surface area contributed by atoms with Gasteiger partial charge in [0.15, 0.2) is 0 Å². The average Bonchev–Trinajstić information content (AvgIpc) is 2.68. The molecule has 1 saturated heterocycles. The second kappa shape index (κ2) is 8.48. The monoisotopic (exact) mass is 433 g/mol. The molecule has 1 heterocycles. The summed E-state index contributed by atoms with van der Waals surface area (Å²) in [7, 11) is 0. The molecule has 4 N–H and O–H groups in total. The van der Waals surface area contributed by atoms with Gasteiger partial charge in [0, 0.05) is 4.47 Å². The quantitative estimate of drug-likeness (QED) is 0.579. The molecule has 5 atom stereocenters. The van der Waals surface area contributed by atoms with Crippen molar-refractivity contribution in [3.63, 3.8) is 0 Å². The molecule has 27 heavy (non-hydrogen) atoms. The highest BCUT2D eigenvalue weighted by atomic mass is 79.9. The summed E-state index contributed by atoms with van der Waals surface area (Å²) in [5.41, 5.74) is 2.85. The number of hydrogen-bond donors (Lipinski definition) is 4. The topological polar surface area (TPSA) is 114 Å². The van der Waals surface area contributed by atoms with Crippen molar-refractivity contribution in [1.29, 1.82) is 5.26 Å². The standard InChI is InChI=1S/C20H20BrNO5/c21-15-5-1-11(2-6-15)7-14-8-12(3-4-13(14)9-22)20-19(26)18(25)17(24)16(10-23)27-20/h1-6,8,16-20,23-26H,7,10H2/t16-,17-,18+,19-,20+/m1/s1. The minimum atomic E-state index is -1.44. The van der Waals surface area contributed by atoms with E-state index >= 15 is 0 Å². The first kappa shape index (κ1) is 20.0. The Morgan fingerprint density at radius 2 is 1.70 bits per heavy atom. The van der Waals surface area contributed by atoms with Crippen LogP contribution in [0.3, 0.4) is 0 Å². The van der Waals surface area contributed by atoms with E-state index < -0.39 is 37.1 Å². The van der Waals surface area contributed by atoms with E-state index in [1.165, 1.54) is 0 Å². The molecule has 1 aliphatic heterocycles. The van der Waals surface area contributed by atoms with E-state index in [1.807, 2.05) is 24.3 Å². The molecular weight excluding hydrogens is 414 g/mol. The van der Waals surface area contributed by atoms with Crippen molar-refractivity contribution in [3.8, 4) is 6.07 Å².